The second-order valence-electron chi connectivity index (χ2n) is 6.37. The van der Waals surface area contributed by atoms with Crippen LogP contribution in [-0.2, 0) is 6.42 Å². The molecule has 0 aliphatic rings. The Morgan fingerprint density at radius 1 is 0.760 bits per heavy atom. The minimum atomic E-state index is 0.190. The highest BCUT2D eigenvalue weighted by molar-refractivity contribution is 5.32. The van der Waals surface area contributed by atoms with Crippen molar-refractivity contribution in [3.63, 3.8) is 0 Å². The van der Waals surface area contributed by atoms with E-state index in [-0.39, 0.29) is 6.04 Å². The van der Waals surface area contributed by atoms with E-state index in [9.17, 15) is 0 Å². The van der Waals surface area contributed by atoms with Crippen LogP contribution in [0.5, 0.6) is 5.75 Å². The van der Waals surface area contributed by atoms with Gasteiger partial charge in [0.2, 0.25) is 0 Å². The van der Waals surface area contributed by atoms with E-state index >= 15 is 0 Å². The van der Waals surface area contributed by atoms with Gasteiger partial charge in [-0.2, -0.15) is 0 Å². The first-order valence-electron chi connectivity index (χ1n) is 8.75. The summed E-state index contributed by atoms with van der Waals surface area (Å²) in [6.07, 6.45) is 0.972. The number of nitrogens with one attached hydrogen (secondary N) is 1. The molecule has 0 spiro atoms. The molecule has 1 unspecified atom stereocenters. The van der Waals surface area contributed by atoms with Crippen molar-refractivity contribution in [2.45, 2.75) is 25.4 Å². The van der Waals surface area contributed by atoms with Crippen molar-refractivity contribution in [2.24, 2.45) is 0 Å². The van der Waals surface area contributed by atoms with E-state index in [0.717, 1.165) is 12.2 Å². The summed E-state index contributed by atoms with van der Waals surface area (Å²) < 4.78 is 5.24. The van der Waals surface area contributed by atoms with Crippen molar-refractivity contribution in [3.8, 4) is 5.75 Å². The number of ether oxygens (including phenoxy) is 1. The molecule has 0 saturated heterocycles. The average Bonchev–Trinajstić information content (AvgIpc) is 2.68. The summed E-state index contributed by atoms with van der Waals surface area (Å²) in [4.78, 5) is 0. The van der Waals surface area contributed by atoms with Gasteiger partial charge in [-0.3, -0.25) is 0 Å². The molecular formula is C23H25NO. The zero-order valence-electron chi connectivity index (χ0n) is 14.9. The molecule has 0 saturated carbocycles. The normalized spacial score (nSPS) is 12.1. The molecule has 1 N–H and O–H groups in total. The lowest BCUT2D eigenvalue weighted by atomic mass is 9.97. The summed E-state index contributed by atoms with van der Waals surface area (Å²) in [7, 11) is 1.70. The SMILES string of the molecule is COc1ccc(CC(C)NC(c2ccccc2)c2ccccc2)cc1. The van der Waals surface area contributed by atoms with Crippen molar-refractivity contribution >= 4 is 0 Å². The summed E-state index contributed by atoms with van der Waals surface area (Å²) >= 11 is 0. The van der Waals surface area contributed by atoms with Crippen LogP contribution in [0.1, 0.15) is 29.7 Å². The van der Waals surface area contributed by atoms with Crippen LogP contribution in [0.25, 0.3) is 0 Å². The van der Waals surface area contributed by atoms with Crippen LogP contribution < -0.4 is 10.1 Å². The first-order valence-corrected chi connectivity index (χ1v) is 8.75. The van der Waals surface area contributed by atoms with Crippen molar-refractivity contribution in [1.29, 1.82) is 0 Å². The van der Waals surface area contributed by atoms with Gasteiger partial charge in [0, 0.05) is 6.04 Å². The Bertz CT molecular complexity index is 714. The monoisotopic (exact) mass is 331 g/mol. The van der Waals surface area contributed by atoms with Crippen molar-refractivity contribution in [3.05, 3.63) is 102 Å². The fraction of sp³-hybridized carbons (Fsp3) is 0.217. The minimum absolute atomic E-state index is 0.190. The second-order valence-corrected chi connectivity index (χ2v) is 6.37. The molecule has 0 bridgehead atoms. The maximum atomic E-state index is 5.24. The zero-order chi connectivity index (χ0) is 17.5. The highest BCUT2D eigenvalue weighted by Gasteiger charge is 2.16. The molecule has 0 aromatic heterocycles. The first kappa shape index (κ1) is 17.2. The molecule has 3 aromatic carbocycles. The van der Waals surface area contributed by atoms with Crippen LogP contribution in [0, 0.1) is 0 Å². The standard InChI is InChI=1S/C23H25NO/c1-18(17-19-13-15-22(25-2)16-14-19)24-23(20-9-5-3-6-10-20)21-11-7-4-8-12-21/h3-16,18,23-24H,17H2,1-2H3. The van der Waals surface area contributed by atoms with E-state index in [1.165, 1.54) is 16.7 Å². The van der Waals surface area contributed by atoms with Gasteiger partial charge in [0.25, 0.3) is 0 Å². The lowest BCUT2D eigenvalue weighted by Gasteiger charge is -2.24. The Labute approximate surface area is 150 Å². The Kier molecular flexibility index (Phi) is 5.86. The predicted molar refractivity (Wildman–Crippen MR) is 104 cm³/mol. The van der Waals surface area contributed by atoms with Crippen molar-refractivity contribution in [2.75, 3.05) is 7.11 Å². The Morgan fingerprint density at radius 2 is 1.28 bits per heavy atom. The third-order valence-corrected chi connectivity index (χ3v) is 4.42. The van der Waals surface area contributed by atoms with Crippen LogP contribution in [0.3, 0.4) is 0 Å². The van der Waals surface area contributed by atoms with Gasteiger partial charge in [0.1, 0.15) is 5.75 Å². The maximum Gasteiger partial charge on any atom is 0.118 e. The van der Waals surface area contributed by atoms with Crippen LogP contribution >= 0.6 is 0 Å². The molecule has 3 aromatic rings. The summed E-state index contributed by atoms with van der Waals surface area (Å²) in [5, 5.41) is 3.80. The fourth-order valence-corrected chi connectivity index (χ4v) is 3.13. The first-order chi connectivity index (χ1) is 12.3. The molecule has 2 nitrogen and oxygen atoms in total. The molecule has 0 aliphatic carbocycles. The lowest BCUT2D eigenvalue weighted by molar-refractivity contribution is 0.414. The van der Waals surface area contributed by atoms with Gasteiger partial charge in [-0.15, -0.1) is 0 Å². The molecule has 0 amide bonds. The molecule has 25 heavy (non-hydrogen) atoms. The van der Waals surface area contributed by atoms with E-state index in [1.807, 2.05) is 12.1 Å². The smallest absolute Gasteiger partial charge is 0.118 e. The molecule has 0 heterocycles. The molecule has 0 fully saturated rings. The Hall–Kier alpha value is -2.58. The summed E-state index contributed by atoms with van der Waals surface area (Å²) in [5.41, 5.74) is 3.88. The molecular weight excluding hydrogens is 306 g/mol. The highest BCUT2D eigenvalue weighted by Crippen LogP contribution is 2.23. The Morgan fingerprint density at radius 3 is 1.76 bits per heavy atom. The Balaban J connectivity index is 1.75. The van der Waals surface area contributed by atoms with Crippen LogP contribution in [0.4, 0.5) is 0 Å². The fourth-order valence-electron chi connectivity index (χ4n) is 3.13. The van der Waals surface area contributed by atoms with Gasteiger partial charge in [0.15, 0.2) is 0 Å². The third kappa shape index (κ3) is 4.71. The van der Waals surface area contributed by atoms with Crippen LogP contribution in [0.15, 0.2) is 84.9 Å². The zero-order valence-corrected chi connectivity index (χ0v) is 14.9. The molecule has 0 radical (unpaired) electrons. The number of benzene rings is 3. The van der Waals surface area contributed by atoms with Gasteiger partial charge in [-0.1, -0.05) is 72.8 Å². The number of hydrogen-bond donors (Lipinski definition) is 1. The number of rotatable bonds is 7. The molecule has 1 atom stereocenters. The van der Waals surface area contributed by atoms with Crippen LogP contribution in [-0.4, -0.2) is 13.2 Å². The number of hydrogen-bond acceptors (Lipinski definition) is 2. The van der Waals surface area contributed by atoms with Gasteiger partial charge >= 0.3 is 0 Å². The average molecular weight is 331 g/mol. The van der Waals surface area contributed by atoms with Gasteiger partial charge < -0.3 is 10.1 Å². The van der Waals surface area contributed by atoms with Crippen molar-refractivity contribution in [1.82, 2.24) is 5.32 Å². The van der Waals surface area contributed by atoms with E-state index in [1.54, 1.807) is 7.11 Å². The largest absolute Gasteiger partial charge is 0.497 e. The van der Waals surface area contributed by atoms with E-state index in [2.05, 4.69) is 85.0 Å². The number of methoxy groups -OCH3 is 1. The van der Waals surface area contributed by atoms with Gasteiger partial charge in [-0.05, 0) is 42.2 Å². The molecule has 0 aliphatic heterocycles. The summed E-state index contributed by atoms with van der Waals surface area (Å²) in [5.74, 6) is 0.899. The van der Waals surface area contributed by atoms with E-state index in [0.29, 0.717) is 6.04 Å². The topological polar surface area (TPSA) is 21.3 Å². The lowest BCUT2D eigenvalue weighted by Crippen LogP contribution is -2.32. The minimum Gasteiger partial charge on any atom is -0.497 e. The predicted octanol–water partition coefficient (Wildman–Crippen LogP) is 5.01. The van der Waals surface area contributed by atoms with Gasteiger partial charge in [0.05, 0.1) is 13.2 Å². The van der Waals surface area contributed by atoms with Crippen LogP contribution in [0.2, 0.25) is 0 Å². The quantitative estimate of drug-likeness (QED) is 0.657. The van der Waals surface area contributed by atoms with Gasteiger partial charge in [-0.25, -0.2) is 0 Å². The van der Waals surface area contributed by atoms with E-state index in [4.69, 9.17) is 4.74 Å². The third-order valence-electron chi connectivity index (χ3n) is 4.42. The summed E-state index contributed by atoms with van der Waals surface area (Å²) in [6, 6.07) is 30.1. The molecule has 2 heteroatoms. The molecule has 128 valence electrons. The van der Waals surface area contributed by atoms with Crippen molar-refractivity contribution < 1.29 is 4.74 Å². The second kappa shape index (κ2) is 8.50. The maximum absolute atomic E-state index is 5.24. The van der Waals surface area contributed by atoms with E-state index < -0.39 is 0 Å². The summed E-state index contributed by atoms with van der Waals surface area (Å²) in [6.45, 7) is 2.24. The molecule has 3 rings (SSSR count). The highest BCUT2D eigenvalue weighted by atomic mass is 16.5.